The molecule has 8 heteroatoms. The van der Waals surface area contributed by atoms with Crippen molar-refractivity contribution >= 4 is 11.6 Å². The molecule has 0 aliphatic rings. The average molecular weight is 413 g/mol. The number of carbonyl (C=O) groups is 1. The minimum absolute atomic E-state index is 0.125. The summed E-state index contributed by atoms with van der Waals surface area (Å²) in [4.78, 5) is 25.1. The number of hydrogen-bond donors (Lipinski definition) is 3. The molecule has 0 saturated heterocycles. The van der Waals surface area contributed by atoms with Crippen LogP contribution in [0.2, 0.25) is 0 Å². The number of aryl methyl sites for hydroxylation is 1. The van der Waals surface area contributed by atoms with Gasteiger partial charge < -0.3 is 24.7 Å². The Morgan fingerprint density at radius 1 is 1.17 bits per heavy atom. The van der Waals surface area contributed by atoms with Gasteiger partial charge in [-0.1, -0.05) is 12.1 Å². The summed E-state index contributed by atoms with van der Waals surface area (Å²) in [5.74, 6) is -2.08. The zero-order valence-corrected chi connectivity index (χ0v) is 16.3. The Morgan fingerprint density at radius 2 is 1.93 bits per heavy atom. The van der Waals surface area contributed by atoms with Gasteiger partial charge in [-0.25, -0.2) is 9.18 Å². The molecule has 3 rings (SSSR count). The van der Waals surface area contributed by atoms with E-state index in [4.69, 9.17) is 9.15 Å². The number of rotatable bonds is 6. The van der Waals surface area contributed by atoms with Crippen LogP contribution in [0.3, 0.4) is 0 Å². The van der Waals surface area contributed by atoms with Crippen molar-refractivity contribution in [3.63, 3.8) is 0 Å². The summed E-state index contributed by atoms with van der Waals surface area (Å²) in [5, 5.41) is 23.1. The molecule has 3 N–H and O–H groups in total. The molecular formula is C22H20FNO6. The van der Waals surface area contributed by atoms with E-state index in [9.17, 15) is 24.2 Å². The van der Waals surface area contributed by atoms with Crippen LogP contribution in [-0.4, -0.2) is 23.2 Å². The fraction of sp³-hybridized carbons (Fsp3) is 0.182. The summed E-state index contributed by atoms with van der Waals surface area (Å²) in [6.45, 7) is 1.51. The maximum absolute atomic E-state index is 13.4. The van der Waals surface area contributed by atoms with Crippen molar-refractivity contribution in [3.05, 3.63) is 81.7 Å². The molecule has 1 unspecified atom stereocenters. The highest BCUT2D eigenvalue weighted by molar-refractivity contribution is 5.91. The predicted molar refractivity (Wildman–Crippen MR) is 108 cm³/mol. The van der Waals surface area contributed by atoms with Crippen molar-refractivity contribution < 1.29 is 28.6 Å². The Bertz CT molecular complexity index is 1140. The van der Waals surface area contributed by atoms with Crippen LogP contribution in [0.15, 0.2) is 57.7 Å². The average Bonchev–Trinajstić information content (AvgIpc) is 2.66. The van der Waals surface area contributed by atoms with Gasteiger partial charge in [-0.2, -0.15) is 0 Å². The quantitative estimate of drug-likeness (QED) is 0.569. The molecule has 1 heterocycles. The zero-order valence-electron chi connectivity index (χ0n) is 16.3. The van der Waals surface area contributed by atoms with E-state index >= 15 is 0 Å². The summed E-state index contributed by atoms with van der Waals surface area (Å²) in [6.07, 6.45) is -0.274. The Balaban J connectivity index is 2.01. The van der Waals surface area contributed by atoms with Gasteiger partial charge in [0.2, 0.25) is 5.91 Å². The van der Waals surface area contributed by atoms with Crippen LogP contribution >= 0.6 is 0 Å². The van der Waals surface area contributed by atoms with Gasteiger partial charge in [0.1, 0.15) is 17.3 Å². The van der Waals surface area contributed by atoms with Gasteiger partial charge >= 0.3 is 5.63 Å². The summed E-state index contributed by atoms with van der Waals surface area (Å²) in [7, 11) is 1.39. The second-order valence-corrected chi connectivity index (χ2v) is 6.69. The molecule has 0 aliphatic carbocycles. The third-order valence-corrected chi connectivity index (χ3v) is 4.54. The maximum Gasteiger partial charge on any atom is 0.343 e. The van der Waals surface area contributed by atoms with Crippen LogP contribution in [0.25, 0.3) is 0 Å². The van der Waals surface area contributed by atoms with Crippen LogP contribution < -0.4 is 15.7 Å². The van der Waals surface area contributed by atoms with E-state index in [1.807, 2.05) is 0 Å². The fourth-order valence-electron chi connectivity index (χ4n) is 3.20. The van der Waals surface area contributed by atoms with Crippen molar-refractivity contribution in [3.8, 4) is 17.2 Å². The van der Waals surface area contributed by atoms with Crippen LogP contribution in [0, 0.1) is 12.7 Å². The monoisotopic (exact) mass is 413 g/mol. The minimum atomic E-state index is -0.938. The highest BCUT2D eigenvalue weighted by Gasteiger charge is 2.26. The zero-order chi connectivity index (χ0) is 21.8. The molecule has 1 aromatic heterocycles. The molecule has 0 bridgehead atoms. The molecular weight excluding hydrogens is 393 g/mol. The SMILES string of the molecule is COc1ccc(C(CC(=O)Nc2cccc(F)c2)c2c(O)cc(C)oc2=O)cc1O. The number of halogens is 1. The standard InChI is InChI=1S/C22H20FNO6/c1-12-8-18(26)21(22(28)30-12)16(13-6-7-19(29-2)17(25)9-13)11-20(27)24-15-5-3-4-14(23)10-15/h3-10,16,25-26H,11H2,1-2H3,(H,24,27). The van der Waals surface area contributed by atoms with Crippen molar-refractivity contribution in [1.29, 1.82) is 0 Å². The van der Waals surface area contributed by atoms with Crippen LogP contribution in [0.5, 0.6) is 17.2 Å². The molecule has 0 fully saturated rings. The lowest BCUT2D eigenvalue weighted by atomic mass is 9.88. The molecule has 7 nitrogen and oxygen atoms in total. The molecule has 1 amide bonds. The fourth-order valence-corrected chi connectivity index (χ4v) is 3.20. The first kappa shape index (κ1) is 20.9. The van der Waals surface area contributed by atoms with Gasteiger partial charge in [-0.15, -0.1) is 0 Å². The number of benzene rings is 2. The van der Waals surface area contributed by atoms with E-state index in [1.54, 1.807) is 6.07 Å². The van der Waals surface area contributed by atoms with Crippen molar-refractivity contribution in [2.45, 2.75) is 19.3 Å². The van der Waals surface area contributed by atoms with Crippen molar-refractivity contribution in [2.24, 2.45) is 0 Å². The van der Waals surface area contributed by atoms with E-state index < -0.39 is 23.3 Å². The summed E-state index contributed by atoms with van der Waals surface area (Å²) >= 11 is 0. The normalized spacial score (nSPS) is 11.7. The topological polar surface area (TPSA) is 109 Å². The molecule has 1 atom stereocenters. The van der Waals surface area contributed by atoms with Crippen molar-refractivity contribution in [2.75, 3.05) is 12.4 Å². The highest BCUT2D eigenvalue weighted by Crippen LogP contribution is 2.36. The summed E-state index contributed by atoms with van der Waals surface area (Å²) in [6, 6.07) is 11.0. The minimum Gasteiger partial charge on any atom is -0.507 e. The second-order valence-electron chi connectivity index (χ2n) is 6.69. The highest BCUT2D eigenvalue weighted by atomic mass is 19.1. The number of carbonyl (C=O) groups excluding carboxylic acids is 1. The number of anilines is 1. The number of ether oxygens (including phenoxy) is 1. The smallest absolute Gasteiger partial charge is 0.343 e. The van der Waals surface area contributed by atoms with Crippen LogP contribution in [0.1, 0.15) is 29.2 Å². The molecule has 3 aromatic rings. The number of phenols is 1. The first-order valence-electron chi connectivity index (χ1n) is 9.04. The van der Waals surface area contributed by atoms with Gasteiger partial charge in [0.05, 0.1) is 12.7 Å². The summed E-state index contributed by atoms with van der Waals surface area (Å²) in [5.41, 5.74) is -0.295. The Labute approximate surface area is 171 Å². The van der Waals surface area contributed by atoms with E-state index in [-0.39, 0.29) is 40.7 Å². The van der Waals surface area contributed by atoms with Gasteiger partial charge in [-0.3, -0.25) is 4.79 Å². The molecule has 0 aliphatic heterocycles. The Kier molecular flexibility index (Phi) is 6.06. The first-order valence-corrected chi connectivity index (χ1v) is 9.04. The lowest BCUT2D eigenvalue weighted by Crippen LogP contribution is -2.21. The third kappa shape index (κ3) is 4.60. The van der Waals surface area contributed by atoms with Crippen LogP contribution in [0.4, 0.5) is 10.1 Å². The van der Waals surface area contributed by atoms with Gasteiger partial charge in [-0.05, 0) is 42.8 Å². The number of methoxy groups -OCH3 is 1. The molecule has 30 heavy (non-hydrogen) atoms. The van der Waals surface area contributed by atoms with E-state index in [0.29, 0.717) is 5.56 Å². The number of aromatic hydroxyl groups is 2. The predicted octanol–water partition coefficient (Wildman–Crippen LogP) is 3.67. The van der Waals surface area contributed by atoms with Gasteiger partial charge in [0.15, 0.2) is 11.5 Å². The Morgan fingerprint density at radius 3 is 2.57 bits per heavy atom. The molecule has 2 aromatic carbocycles. The van der Waals surface area contributed by atoms with E-state index in [1.165, 1.54) is 50.4 Å². The largest absolute Gasteiger partial charge is 0.507 e. The Hall–Kier alpha value is -3.81. The maximum atomic E-state index is 13.4. The van der Waals surface area contributed by atoms with E-state index in [2.05, 4.69) is 5.32 Å². The number of amides is 1. The second kappa shape index (κ2) is 8.69. The summed E-state index contributed by atoms with van der Waals surface area (Å²) < 4.78 is 23.5. The number of phenolic OH excluding ortho intramolecular Hbond substituents is 1. The number of hydrogen-bond acceptors (Lipinski definition) is 6. The van der Waals surface area contributed by atoms with E-state index in [0.717, 1.165) is 6.07 Å². The third-order valence-electron chi connectivity index (χ3n) is 4.54. The molecule has 0 saturated carbocycles. The molecule has 0 radical (unpaired) electrons. The lowest BCUT2D eigenvalue weighted by molar-refractivity contribution is -0.116. The lowest BCUT2D eigenvalue weighted by Gasteiger charge is -2.19. The van der Waals surface area contributed by atoms with Gasteiger partial charge in [0.25, 0.3) is 0 Å². The number of nitrogens with one attached hydrogen (secondary N) is 1. The van der Waals surface area contributed by atoms with Crippen LogP contribution in [-0.2, 0) is 4.79 Å². The molecule has 156 valence electrons. The first-order chi connectivity index (χ1) is 14.3. The van der Waals surface area contributed by atoms with Gasteiger partial charge in [0, 0.05) is 24.1 Å². The van der Waals surface area contributed by atoms with Crippen molar-refractivity contribution in [1.82, 2.24) is 0 Å². The molecule has 0 spiro atoms.